The first kappa shape index (κ1) is 20.4. The third-order valence-electron chi connectivity index (χ3n) is 5.85. The van der Waals surface area contributed by atoms with Crippen LogP contribution < -0.4 is 10.2 Å². The molecule has 1 aliphatic heterocycles. The van der Waals surface area contributed by atoms with Crippen molar-refractivity contribution in [2.45, 2.75) is 52.4 Å². The van der Waals surface area contributed by atoms with Crippen LogP contribution in [0.3, 0.4) is 0 Å². The van der Waals surface area contributed by atoms with E-state index in [0.717, 1.165) is 45.3 Å². The molecule has 0 atom stereocenters. The smallest absolute Gasteiger partial charge is 0.223 e. The van der Waals surface area contributed by atoms with Gasteiger partial charge < -0.3 is 10.2 Å². The van der Waals surface area contributed by atoms with Crippen LogP contribution in [0.4, 0.5) is 5.69 Å². The zero-order valence-electron chi connectivity index (χ0n) is 17.6. The summed E-state index contributed by atoms with van der Waals surface area (Å²) in [4.78, 5) is 14.9. The molecular weight excluding hydrogens is 344 g/mol. The minimum atomic E-state index is 0.159. The number of carbonyl (C=O) groups is 1. The molecule has 2 aromatic carbocycles. The third kappa shape index (κ3) is 5.60. The van der Waals surface area contributed by atoms with Crippen LogP contribution >= 0.6 is 0 Å². The van der Waals surface area contributed by atoms with Crippen LogP contribution in [0, 0.1) is 12.8 Å². The normalized spacial score (nSPS) is 15.1. The van der Waals surface area contributed by atoms with Crippen LogP contribution in [0.25, 0.3) is 0 Å². The summed E-state index contributed by atoms with van der Waals surface area (Å²) < 4.78 is 0. The highest BCUT2D eigenvalue weighted by Gasteiger charge is 2.24. The van der Waals surface area contributed by atoms with Crippen LogP contribution in [-0.2, 0) is 11.2 Å². The number of aryl methyl sites for hydroxylation is 2. The molecule has 150 valence electrons. The van der Waals surface area contributed by atoms with Gasteiger partial charge in [0.25, 0.3) is 0 Å². The second-order valence-corrected chi connectivity index (χ2v) is 8.39. The topological polar surface area (TPSA) is 32.3 Å². The van der Waals surface area contributed by atoms with E-state index in [2.05, 4.69) is 79.5 Å². The quantitative estimate of drug-likeness (QED) is 0.681. The van der Waals surface area contributed by atoms with Crippen LogP contribution in [-0.4, -0.2) is 25.5 Å². The lowest BCUT2D eigenvalue weighted by Crippen LogP contribution is -2.40. The van der Waals surface area contributed by atoms with Gasteiger partial charge in [0, 0.05) is 31.2 Å². The first-order valence-electron chi connectivity index (χ1n) is 10.7. The first-order valence-corrected chi connectivity index (χ1v) is 10.7. The summed E-state index contributed by atoms with van der Waals surface area (Å²) in [6, 6.07) is 17.6. The summed E-state index contributed by atoms with van der Waals surface area (Å²) in [7, 11) is 0. The number of carbonyl (C=O) groups excluding carboxylic acids is 1. The standard InChI is InChI=1S/C25H34N2O/c1-19(2)22-10-8-21(9-11-22)5-4-16-26-25(28)23-14-17-27(18-15-23)24-12-6-20(3)7-13-24/h6-13,19,23H,4-5,14-18H2,1-3H3,(H,26,28). The number of hydrogen-bond acceptors (Lipinski definition) is 2. The lowest BCUT2D eigenvalue weighted by atomic mass is 9.95. The Labute approximate surface area is 170 Å². The molecule has 1 aliphatic rings. The largest absolute Gasteiger partial charge is 0.371 e. The van der Waals surface area contributed by atoms with E-state index >= 15 is 0 Å². The highest BCUT2D eigenvalue weighted by Crippen LogP contribution is 2.23. The van der Waals surface area contributed by atoms with E-state index in [1.807, 2.05) is 0 Å². The molecule has 3 nitrogen and oxygen atoms in total. The predicted molar refractivity (Wildman–Crippen MR) is 118 cm³/mol. The van der Waals surface area contributed by atoms with Crippen LogP contribution in [0.15, 0.2) is 48.5 Å². The van der Waals surface area contributed by atoms with E-state index in [4.69, 9.17) is 0 Å². The molecule has 0 bridgehead atoms. The van der Waals surface area contributed by atoms with Gasteiger partial charge in [0.15, 0.2) is 0 Å². The molecule has 3 heteroatoms. The SMILES string of the molecule is Cc1ccc(N2CCC(C(=O)NCCCc3ccc(C(C)C)cc3)CC2)cc1. The second kappa shape index (κ2) is 9.77. The zero-order valence-corrected chi connectivity index (χ0v) is 17.6. The molecule has 0 aromatic heterocycles. The average molecular weight is 379 g/mol. The van der Waals surface area contributed by atoms with Gasteiger partial charge in [0.2, 0.25) is 5.91 Å². The Morgan fingerprint density at radius 3 is 2.29 bits per heavy atom. The Morgan fingerprint density at radius 1 is 1.04 bits per heavy atom. The molecule has 1 N–H and O–H groups in total. The number of amides is 1. The highest BCUT2D eigenvalue weighted by atomic mass is 16.1. The number of anilines is 1. The molecule has 0 spiro atoms. The molecular formula is C25H34N2O. The van der Waals surface area contributed by atoms with Gasteiger partial charge in [-0.3, -0.25) is 4.79 Å². The van der Waals surface area contributed by atoms with Crippen LogP contribution in [0.2, 0.25) is 0 Å². The second-order valence-electron chi connectivity index (χ2n) is 8.39. The Kier molecular flexibility index (Phi) is 7.13. The fraction of sp³-hybridized carbons (Fsp3) is 0.480. The minimum Gasteiger partial charge on any atom is -0.371 e. The molecule has 1 fully saturated rings. The number of benzene rings is 2. The van der Waals surface area contributed by atoms with Crippen molar-refractivity contribution >= 4 is 11.6 Å². The van der Waals surface area contributed by atoms with Gasteiger partial charge in [-0.2, -0.15) is 0 Å². The van der Waals surface area contributed by atoms with Crippen molar-refractivity contribution in [1.82, 2.24) is 5.32 Å². The van der Waals surface area contributed by atoms with Crippen molar-refractivity contribution in [2.75, 3.05) is 24.5 Å². The number of nitrogens with zero attached hydrogens (tertiary/aromatic N) is 1. The fourth-order valence-electron chi connectivity index (χ4n) is 3.87. The van der Waals surface area contributed by atoms with Crippen LogP contribution in [0.5, 0.6) is 0 Å². The van der Waals surface area contributed by atoms with Crippen molar-refractivity contribution in [3.05, 3.63) is 65.2 Å². The van der Waals surface area contributed by atoms with Crippen molar-refractivity contribution in [3.8, 4) is 0 Å². The van der Waals surface area contributed by atoms with E-state index < -0.39 is 0 Å². The summed E-state index contributed by atoms with van der Waals surface area (Å²) in [6.45, 7) is 9.24. The Morgan fingerprint density at radius 2 is 1.68 bits per heavy atom. The molecule has 3 rings (SSSR count). The molecule has 0 aliphatic carbocycles. The number of nitrogens with one attached hydrogen (secondary N) is 1. The molecule has 2 aromatic rings. The first-order chi connectivity index (χ1) is 13.5. The molecule has 1 amide bonds. The van der Waals surface area contributed by atoms with Crippen molar-refractivity contribution in [3.63, 3.8) is 0 Å². The maximum atomic E-state index is 12.5. The molecule has 0 unspecified atom stereocenters. The van der Waals surface area contributed by atoms with Gasteiger partial charge in [-0.1, -0.05) is 55.8 Å². The molecule has 0 radical (unpaired) electrons. The number of rotatable bonds is 7. The van der Waals surface area contributed by atoms with Crippen molar-refractivity contribution in [2.24, 2.45) is 5.92 Å². The summed E-state index contributed by atoms with van der Waals surface area (Å²) >= 11 is 0. The van der Waals surface area contributed by atoms with Crippen molar-refractivity contribution in [1.29, 1.82) is 0 Å². The third-order valence-corrected chi connectivity index (χ3v) is 5.85. The maximum absolute atomic E-state index is 12.5. The van der Waals surface area contributed by atoms with E-state index in [-0.39, 0.29) is 11.8 Å². The lowest BCUT2D eigenvalue weighted by molar-refractivity contribution is -0.125. The van der Waals surface area contributed by atoms with Gasteiger partial charge in [-0.15, -0.1) is 0 Å². The summed E-state index contributed by atoms with van der Waals surface area (Å²) in [5.41, 5.74) is 5.29. The molecule has 0 saturated carbocycles. The number of hydrogen-bond donors (Lipinski definition) is 1. The molecule has 28 heavy (non-hydrogen) atoms. The molecule has 1 heterocycles. The zero-order chi connectivity index (χ0) is 19.9. The van der Waals surface area contributed by atoms with Crippen LogP contribution in [0.1, 0.15) is 55.7 Å². The van der Waals surface area contributed by atoms with Gasteiger partial charge in [0.1, 0.15) is 0 Å². The number of piperidine rings is 1. The van der Waals surface area contributed by atoms with E-state index in [0.29, 0.717) is 5.92 Å². The summed E-state index contributed by atoms with van der Waals surface area (Å²) in [5, 5.41) is 3.16. The van der Waals surface area contributed by atoms with Gasteiger partial charge in [0.05, 0.1) is 0 Å². The fourth-order valence-corrected chi connectivity index (χ4v) is 3.87. The monoisotopic (exact) mass is 378 g/mol. The highest BCUT2D eigenvalue weighted by molar-refractivity contribution is 5.79. The predicted octanol–water partition coefficient (Wildman–Crippen LogP) is 5.08. The van der Waals surface area contributed by atoms with E-state index in [9.17, 15) is 4.79 Å². The molecule has 1 saturated heterocycles. The van der Waals surface area contributed by atoms with Gasteiger partial charge >= 0.3 is 0 Å². The Balaban J connectivity index is 1.36. The summed E-state index contributed by atoms with van der Waals surface area (Å²) in [6.07, 6.45) is 3.90. The average Bonchev–Trinajstić information content (AvgIpc) is 2.72. The Bertz CT molecular complexity index is 741. The maximum Gasteiger partial charge on any atom is 0.223 e. The lowest BCUT2D eigenvalue weighted by Gasteiger charge is -2.33. The van der Waals surface area contributed by atoms with E-state index in [1.54, 1.807) is 0 Å². The minimum absolute atomic E-state index is 0.159. The van der Waals surface area contributed by atoms with E-state index in [1.165, 1.54) is 22.4 Å². The van der Waals surface area contributed by atoms with Gasteiger partial charge in [-0.25, -0.2) is 0 Å². The van der Waals surface area contributed by atoms with Crippen molar-refractivity contribution < 1.29 is 4.79 Å². The Hall–Kier alpha value is -2.29. The summed E-state index contributed by atoms with van der Waals surface area (Å²) in [5.74, 6) is 0.969. The van der Waals surface area contributed by atoms with Gasteiger partial charge in [-0.05, 0) is 61.8 Å².